The van der Waals surface area contributed by atoms with Crippen molar-refractivity contribution in [3.63, 3.8) is 0 Å². The lowest BCUT2D eigenvalue weighted by Gasteiger charge is -1.94. The minimum absolute atomic E-state index is 0.0679. The number of nitrogens with zero attached hydrogens (tertiary/aromatic N) is 2. The maximum Gasteiger partial charge on any atom is 0.352 e. The molecule has 1 aromatic heterocycles. The van der Waals surface area contributed by atoms with E-state index in [1.807, 2.05) is 13.8 Å². The van der Waals surface area contributed by atoms with E-state index in [0.29, 0.717) is 10.5 Å². The summed E-state index contributed by atoms with van der Waals surface area (Å²) in [6, 6.07) is -0.872. The zero-order chi connectivity index (χ0) is 9.30. The Bertz CT molecular complexity index is 349. The van der Waals surface area contributed by atoms with E-state index in [2.05, 4.69) is 10.1 Å². The van der Waals surface area contributed by atoms with Gasteiger partial charge in [0.05, 0.1) is 0 Å². The average molecular weight is 170 g/mol. The van der Waals surface area contributed by atoms with Crippen LogP contribution in [0.3, 0.4) is 0 Å². The summed E-state index contributed by atoms with van der Waals surface area (Å²) >= 11 is 0. The predicted molar refractivity (Wildman–Crippen MR) is 41.9 cm³/mol. The highest BCUT2D eigenvalue weighted by molar-refractivity contribution is 5.73. The van der Waals surface area contributed by atoms with E-state index >= 15 is 0 Å². The number of carbonyl (C=O) groups is 1. The lowest BCUT2D eigenvalue weighted by molar-refractivity contribution is 0.247. The third kappa shape index (κ3) is 1.36. The Labute approximate surface area is 68.4 Å². The number of nitrogens with two attached hydrogens (primary N) is 1. The zero-order valence-electron chi connectivity index (χ0n) is 6.87. The summed E-state index contributed by atoms with van der Waals surface area (Å²) in [7, 11) is 0. The van der Waals surface area contributed by atoms with Crippen LogP contribution < -0.4 is 11.4 Å². The molecule has 0 aliphatic rings. The number of primary amides is 1. The zero-order valence-corrected chi connectivity index (χ0v) is 6.87. The van der Waals surface area contributed by atoms with Crippen LogP contribution in [-0.4, -0.2) is 20.8 Å². The number of hydrogen-bond donors (Lipinski definition) is 2. The summed E-state index contributed by atoms with van der Waals surface area (Å²) in [5, 5.41) is 3.68. The fourth-order valence-electron chi connectivity index (χ4n) is 0.750. The number of nitrogens with one attached hydrogen (secondary N) is 1. The Morgan fingerprint density at radius 1 is 1.67 bits per heavy atom. The normalized spacial score (nSPS) is 10.6. The molecule has 1 aromatic rings. The molecule has 0 aliphatic heterocycles. The van der Waals surface area contributed by atoms with Crippen LogP contribution in [0.2, 0.25) is 0 Å². The van der Waals surface area contributed by atoms with Crippen LogP contribution >= 0.6 is 0 Å². The van der Waals surface area contributed by atoms with Crippen LogP contribution in [0.25, 0.3) is 0 Å². The molecule has 0 atom stereocenters. The van der Waals surface area contributed by atoms with Crippen molar-refractivity contribution < 1.29 is 4.79 Å². The highest BCUT2D eigenvalue weighted by Crippen LogP contribution is 2.04. The number of H-pyrrole nitrogens is 1. The van der Waals surface area contributed by atoms with Crippen molar-refractivity contribution >= 4 is 6.03 Å². The van der Waals surface area contributed by atoms with Gasteiger partial charge in [0.15, 0.2) is 0 Å². The third-order valence-electron chi connectivity index (χ3n) is 1.39. The van der Waals surface area contributed by atoms with Gasteiger partial charge in [0.25, 0.3) is 0 Å². The minimum atomic E-state index is -0.872. The fourth-order valence-corrected chi connectivity index (χ4v) is 0.750. The molecular weight excluding hydrogens is 160 g/mol. The number of carbonyl (C=O) groups excluding carboxylic acids is 1. The lowest BCUT2D eigenvalue weighted by atomic mass is 10.2. The molecule has 1 heterocycles. The Hall–Kier alpha value is -1.59. The van der Waals surface area contributed by atoms with Gasteiger partial charge < -0.3 is 5.73 Å². The Balaban J connectivity index is 3.18. The monoisotopic (exact) mass is 170 g/mol. The van der Waals surface area contributed by atoms with Crippen LogP contribution in [0.4, 0.5) is 4.79 Å². The van der Waals surface area contributed by atoms with E-state index in [1.165, 1.54) is 0 Å². The van der Waals surface area contributed by atoms with Crippen molar-refractivity contribution in [2.24, 2.45) is 5.73 Å². The van der Waals surface area contributed by atoms with Crippen molar-refractivity contribution in [1.82, 2.24) is 14.8 Å². The predicted octanol–water partition coefficient (Wildman–Crippen LogP) is -0.378. The van der Waals surface area contributed by atoms with Crippen LogP contribution in [0, 0.1) is 0 Å². The van der Waals surface area contributed by atoms with Gasteiger partial charge in [-0.15, -0.1) is 9.78 Å². The number of aromatic amines is 1. The van der Waals surface area contributed by atoms with Crippen molar-refractivity contribution in [3.05, 3.63) is 16.3 Å². The second kappa shape index (κ2) is 2.80. The maximum atomic E-state index is 10.9. The average Bonchev–Trinajstić information content (AvgIpc) is 2.30. The van der Waals surface area contributed by atoms with E-state index in [9.17, 15) is 9.59 Å². The van der Waals surface area contributed by atoms with Gasteiger partial charge in [-0.05, 0) is 0 Å². The van der Waals surface area contributed by atoms with Gasteiger partial charge in [0, 0.05) is 5.92 Å². The summed E-state index contributed by atoms with van der Waals surface area (Å²) in [6.07, 6.45) is 0. The fraction of sp³-hybridized carbons (Fsp3) is 0.500. The molecule has 0 spiro atoms. The quantitative estimate of drug-likeness (QED) is 0.601. The van der Waals surface area contributed by atoms with Gasteiger partial charge in [-0.2, -0.15) is 0 Å². The van der Waals surface area contributed by atoms with Crippen molar-refractivity contribution in [1.29, 1.82) is 0 Å². The first kappa shape index (κ1) is 8.51. The minimum Gasteiger partial charge on any atom is -0.350 e. The summed E-state index contributed by atoms with van der Waals surface area (Å²) in [5.74, 6) is 0.525. The van der Waals surface area contributed by atoms with E-state index in [4.69, 9.17) is 5.73 Å². The number of hydrogen-bond acceptors (Lipinski definition) is 3. The molecule has 0 radical (unpaired) electrons. The molecule has 6 heteroatoms. The molecule has 3 N–H and O–H groups in total. The summed E-state index contributed by atoms with van der Waals surface area (Å²) in [4.78, 5) is 23.9. The van der Waals surface area contributed by atoms with Gasteiger partial charge >= 0.3 is 11.7 Å². The van der Waals surface area contributed by atoms with Gasteiger partial charge in [-0.25, -0.2) is 9.59 Å². The van der Waals surface area contributed by atoms with Gasteiger partial charge in [0.1, 0.15) is 5.82 Å². The summed E-state index contributed by atoms with van der Waals surface area (Å²) in [6.45, 7) is 3.70. The Morgan fingerprint density at radius 2 is 2.25 bits per heavy atom. The van der Waals surface area contributed by atoms with E-state index in [1.54, 1.807) is 0 Å². The molecule has 0 saturated heterocycles. The van der Waals surface area contributed by atoms with Gasteiger partial charge in [-0.1, -0.05) is 13.8 Å². The highest BCUT2D eigenvalue weighted by atomic mass is 16.2. The van der Waals surface area contributed by atoms with Gasteiger partial charge in [0.2, 0.25) is 0 Å². The van der Waals surface area contributed by atoms with Crippen molar-refractivity contribution in [2.45, 2.75) is 19.8 Å². The first-order valence-corrected chi connectivity index (χ1v) is 3.51. The van der Waals surface area contributed by atoms with E-state index in [0.717, 1.165) is 0 Å². The second-order valence-electron chi connectivity index (χ2n) is 2.72. The SMILES string of the molecule is CC(C)c1nn(C(N)=O)c(=O)[nH]1. The molecule has 0 aliphatic carbocycles. The Kier molecular flexibility index (Phi) is 1.99. The molecule has 66 valence electrons. The molecule has 0 saturated carbocycles. The van der Waals surface area contributed by atoms with Crippen LogP contribution in [0.5, 0.6) is 0 Å². The molecule has 0 unspecified atom stereocenters. The standard InChI is InChI=1S/C6H10N4O2/c1-3(2)4-8-6(12)10(9-4)5(7)11/h3H,1-2H3,(H2,7,11)(H,8,9,12). The van der Waals surface area contributed by atoms with E-state index in [-0.39, 0.29) is 5.92 Å². The topological polar surface area (TPSA) is 93.8 Å². The molecule has 0 fully saturated rings. The molecule has 0 aromatic carbocycles. The van der Waals surface area contributed by atoms with E-state index < -0.39 is 11.7 Å². The first-order valence-electron chi connectivity index (χ1n) is 3.51. The smallest absolute Gasteiger partial charge is 0.350 e. The number of aromatic nitrogens is 3. The Morgan fingerprint density at radius 3 is 2.50 bits per heavy atom. The molecule has 12 heavy (non-hydrogen) atoms. The highest BCUT2D eigenvalue weighted by Gasteiger charge is 2.10. The molecule has 6 nitrogen and oxygen atoms in total. The molecular formula is C6H10N4O2. The van der Waals surface area contributed by atoms with Crippen LogP contribution in [0.15, 0.2) is 4.79 Å². The van der Waals surface area contributed by atoms with Crippen molar-refractivity contribution in [2.75, 3.05) is 0 Å². The second-order valence-corrected chi connectivity index (χ2v) is 2.72. The van der Waals surface area contributed by atoms with Crippen LogP contribution in [0.1, 0.15) is 25.6 Å². The van der Waals surface area contributed by atoms with Crippen LogP contribution in [-0.2, 0) is 0 Å². The molecule has 1 rings (SSSR count). The summed E-state index contributed by atoms with van der Waals surface area (Å²) in [5.41, 5.74) is 4.28. The van der Waals surface area contributed by atoms with Gasteiger partial charge in [-0.3, -0.25) is 4.98 Å². The maximum absolute atomic E-state index is 10.9. The number of amides is 1. The lowest BCUT2D eigenvalue weighted by Crippen LogP contribution is -2.30. The third-order valence-corrected chi connectivity index (χ3v) is 1.39. The number of rotatable bonds is 1. The largest absolute Gasteiger partial charge is 0.352 e. The summed E-state index contributed by atoms with van der Waals surface area (Å²) < 4.78 is 0.606. The molecule has 0 bridgehead atoms. The molecule has 1 amide bonds. The van der Waals surface area contributed by atoms with Crippen molar-refractivity contribution in [3.8, 4) is 0 Å². The first-order chi connectivity index (χ1) is 5.52.